The molecule has 0 saturated carbocycles. The summed E-state index contributed by atoms with van der Waals surface area (Å²) >= 11 is 1.49. The molecule has 5 heteroatoms. The molecule has 0 unspecified atom stereocenters. The zero-order valence-electron chi connectivity index (χ0n) is 9.00. The van der Waals surface area contributed by atoms with Gasteiger partial charge in [-0.15, -0.1) is 23.7 Å². The van der Waals surface area contributed by atoms with Crippen LogP contribution in [0.2, 0.25) is 0 Å². The zero-order chi connectivity index (χ0) is 10.4. The molecule has 1 amide bonds. The summed E-state index contributed by atoms with van der Waals surface area (Å²) in [6, 6.07) is 1.97. The van der Waals surface area contributed by atoms with E-state index in [0.29, 0.717) is 0 Å². The highest BCUT2D eigenvalue weighted by molar-refractivity contribution is 7.12. The number of hydrogen-bond donors (Lipinski definition) is 2. The molecule has 0 bridgehead atoms. The van der Waals surface area contributed by atoms with Crippen LogP contribution in [0.4, 0.5) is 0 Å². The molecule has 2 N–H and O–H groups in total. The Balaban J connectivity index is 0.00000196. The van der Waals surface area contributed by atoms with Gasteiger partial charge in [-0.25, -0.2) is 0 Å². The molecule has 15 heavy (non-hydrogen) atoms. The Hall–Kier alpha value is -0.580. The third-order valence-corrected chi connectivity index (χ3v) is 2.97. The van der Waals surface area contributed by atoms with Gasteiger partial charge in [0.05, 0.1) is 4.88 Å². The first-order valence-electron chi connectivity index (χ1n) is 4.72. The van der Waals surface area contributed by atoms with Crippen LogP contribution in [-0.4, -0.2) is 26.0 Å². The second kappa shape index (κ2) is 7.68. The van der Waals surface area contributed by atoms with E-state index in [1.807, 2.05) is 25.4 Å². The second-order valence-electron chi connectivity index (χ2n) is 3.15. The Kier molecular flexibility index (Phi) is 7.38. The quantitative estimate of drug-likeness (QED) is 0.781. The lowest BCUT2D eigenvalue weighted by atomic mass is 10.3. The average Bonchev–Trinajstić information content (AvgIpc) is 2.59. The molecule has 0 spiro atoms. The van der Waals surface area contributed by atoms with Crippen LogP contribution in [0, 0.1) is 6.92 Å². The van der Waals surface area contributed by atoms with Gasteiger partial charge in [-0.05, 0) is 43.9 Å². The topological polar surface area (TPSA) is 41.1 Å². The number of carbonyl (C=O) groups is 1. The minimum atomic E-state index is 0. The van der Waals surface area contributed by atoms with Crippen molar-refractivity contribution in [2.75, 3.05) is 20.1 Å². The lowest BCUT2D eigenvalue weighted by molar-refractivity contribution is 0.0957. The van der Waals surface area contributed by atoms with Crippen molar-refractivity contribution < 1.29 is 4.79 Å². The van der Waals surface area contributed by atoms with Crippen molar-refractivity contribution in [1.29, 1.82) is 0 Å². The van der Waals surface area contributed by atoms with Crippen LogP contribution >= 0.6 is 23.7 Å². The van der Waals surface area contributed by atoms with E-state index in [1.54, 1.807) is 0 Å². The van der Waals surface area contributed by atoms with E-state index >= 15 is 0 Å². The molecule has 0 radical (unpaired) electrons. The summed E-state index contributed by atoms with van der Waals surface area (Å²) < 4.78 is 0. The van der Waals surface area contributed by atoms with E-state index in [9.17, 15) is 4.79 Å². The van der Waals surface area contributed by atoms with Crippen molar-refractivity contribution in [2.45, 2.75) is 13.3 Å². The van der Waals surface area contributed by atoms with Gasteiger partial charge in [0.1, 0.15) is 0 Å². The van der Waals surface area contributed by atoms with E-state index in [0.717, 1.165) is 30.0 Å². The van der Waals surface area contributed by atoms with Gasteiger partial charge in [-0.2, -0.15) is 0 Å². The van der Waals surface area contributed by atoms with Crippen LogP contribution in [0.25, 0.3) is 0 Å². The highest BCUT2D eigenvalue weighted by Gasteiger charge is 2.08. The van der Waals surface area contributed by atoms with E-state index in [2.05, 4.69) is 10.6 Å². The smallest absolute Gasteiger partial charge is 0.261 e. The fourth-order valence-electron chi connectivity index (χ4n) is 1.15. The maximum Gasteiger partial charge on any atom is 0.261 e. The molecule has 1 aromatic rings. The van der Waals surface area contributed by atoms with Crippen molar-refractivity contribution in [3.05, 3.63) is 21.9 Å². The lowest BCUT2D eigenvalue weighted by Gasteiger charge is -2.03. The Bertz CT molecular complexity index is 301. The summed E-state index contributed by atoms with van der Waals surface area (Å²) in [5, 5.41) is 7.87. The number of hydrogen-bond acceptors (Lipinski definition) is 3. The monoisotopic (exact) mass is 248 g/mol. The van der Waals surface area contributed by atoms with Crippen molar-refractivity contribution in [1.82, 2.24) is 10.6 Å². The fraction of sp³-hybridized carbons (Fsp3) is 0.500. The first-order valence-corrected chi connectivity index (χ1v) is 5.60. The van der Waals surface area contributed by atoms with Crippen LogP contribution in [0.15, 0.2) is 11.4 Å². The molecule has 0 aliphatic heterocycles. The first-order chi connectivity index (χ1) is 6.75. The first kappa shape index (κ1) is 14.4. The molecule has 3 nitrogen and oxygen atoms in total. The molecule has 1 rings (SSSR count). The predicted octanol–water partition coefficient (Wildman–Crippen LogP) is 1.82. The van der Waals surface area contributed by atoms with Crippen molar-refractivity contribution in [3.63, 3.8) is 0 Å². The minimum Gasteiger partial charge on any atom is -0.351 e. The van der Waals surface area contributed by atoms with Crippen LogP contribution in [-0.2, 0) is 0 Å². The molecule has 0 atom stereocenters. The molecule has 0 aliphatic rings. The Morgan fingerprint density at radius 1 is 1.47 bits per heavy atom. The van der Waals surface area contributed by atoms with Gasteiger partial charge in [0.15, 0.2) is 0 Å². The van der Waals surface area contributed by atoms with Crippen LogP contribution in [0.1, 0.15) is 21.7 Å². The molecule has 0 aliphatic carbocycles. The van der Waals surface area contributed by atoms with Gasteiger partial charge >= 0.3 is 0 Å². The number of aryl methyl sites for hydroxylation is 1. The average molecular weight is 249 g/mol. The molecule has 0 aromatic carbocycles. The Labute approximate surface area is 101 Å². The molecular formula is C10H17ClN2OS. The third kappa shape index (κ3) is 4.64. The fourth-order valence-corrected chi connectivity index (χ4v) is 1.99. The van der Waals surface area contributed by atoms with Crippen LogP contribution in [0.3, 0.4) is 0 Å². The molecule has 1 heterocycles. The van der Waals surface area contributed by atoms with Gasteiger partial charge in [0.25, 0.3) is 5.91 Å². The summed E-state index contributed by atoms with van der Waals surface area (Å²) in [5.41, 5.74) is 1.06. The summed E-state index contributed by atoms with van der Waals surface area (Å²) in [7, 11) is 1.91. The number of thiophene rings is 1. The Morgan fingerprint density at radius 3 is 2.73 bits per heavy atom. The zero-order valence-corrected chi connectivity index (χ0v) is 10.6. The lowest BCUT2D eigenvalue weighted by Crippen LogP contribution is -2.26. The SMILES string of the molecule is CNCCCNC(=O)c1sccc1C.Cl. The molecule has 0 fully saturated rings. The van der Waals surface area contributed by atoms with Gasteiger partial charge < -0.3 is 10.6 Å². The summed E-state index contributed by atoms with van der Waals surface area (Å²) in [6.07, 6.45) is 0.965. The maximum atomic E-state index is 11.6. The molecular weight excluding hydrogens is 232 g/mol. The van der Waals surface area contributed by atoms with Crippen LogP contribution in [0.5, 0.6) is 0 Å². The van der Waals surface area contributed by atoms with E-state index < -0.39 is 0 Å². The van der Waals surface area contributed by atoms with E-state index in [4.69, 9.17) is 0 Å². The van der Waals surface area contributed by atoms with Crippen molar-refractivity contribution in [3.8, 4) is 0 Å². The number of rotatable bonds is 5. The van der Waals surface area contributed by atoms with Crippen LogP contribution < -0.4 is 10.6 Å². The maximum absolute atomic E-state index is 11.6. The summed E-state index contributed by atoms with van der Waals surface area (Å²) in [5.74, 6) is 0.0496. The largest absolute Gasteiger partial charge is 0.351 e. The third-order valence-electron chi connectivity index (χ3n) is 1.96. The van der Waals surface area contributed by atoms with Gasteiger partial charge in [-0.1, -0.05) is 0 Å². The van der Waals surface area contributed by atoms with E-state index in [-0.39, 0.29) is 18.3 Å². The highest BCUT2D eigenvalue weighted by Crippen LogP contribution is 2.14. The molecule has 1 aromatic heterocycles. The van der Waals surface area contributed by atoms with Gasteiger partial charge in [-0.3, -0.25) is 4.79 Å². The number of amides is 1. The number of carbonyl (C=O) groups excluding carboxylic acids is 1. The van der Waals surface area contributed by atoms with Crippen molar-refractivity contribution >= 4 is 29.7 Å². The minimum absolute atomic E-state index is 0. The normalized spacial score (nSPS) is 9.47. The molecule has 86 valence electrons. The number of halogens is 1. The van der Waals surface area contributed by atoms with Gasteiger partial charge in [0, 0.05) is 6.54 Å². The summed E-state index contributed by atoms with van der Waals surface area (Å²) in [6.45, 7) is 3.62. The van der Waals surface area contributed by atoms with Crippen molar-refractivity contribution in [2.24, 2.45) is 0 Å². The highest BCUT2D eigenvalue weighted by atomic mass is 35.5. The van der Waals surface area contributed by atoms with E-state index in [1.165, 1.54) is 11.3 Å². The van der Waals surface area contributed by atoms with Gasteiger partial charge in [0.2, 0.25) is 0 Å². The Morgan fingerprint density at radius 2 is 2.20 bits per heavy atom. The number of nitrogens with one attached hydrogen (secondary N) is 2. The molecule has 0 saturated heterocycles. The predicted molar refractivity (Wildman–Crippen MR) is 67.2 cm³/mol. The standard InChI is InChI=1S/C10H16N2OS.ClH/c1-8-4-7-14-9(8)10(13)12-6-3-5-11-2;/h4,7,11H,3,5-6H2,1-2H3,(H,12,13);1H. The second-order valence-corrected chi connectivity index (χ2v) is 4.06. The summed E-state index contributed by atoms with van der Waals surface area (Å²) in [4.78, 5) is 12.4.